The first kappa shape index (κ1) is 16.6. The van der Waals surface area contributed by atoms with E-state index in [0.717, 1.165) is 6.07 Å². The van der Waals surface area contributed by atoms with Crippen LogP contribution in [0.25, 0.3) is 0 Å². The summed E-state index contributed by atoms with van der Waals surface area (Å²) in [6, 6.07) is 8.94. The van der Waals surface area contributed by atoms with Crippen LogP contribution < -0.4 is 10.1 Å². The van der Waals surface area contributed by atoms with E-state index in [0.29, 0.717) is 18.0 Å². The van der Waals surface area contributed by atoms with Crippen LogP contribution in [0.4, 0.5) is 17.1 Å². The summed E-state index contributed by atoms with van der Waals surface area (Å²) >= 11 is 5.87. The van der Waals surface area contributed by atoms with Crippen LogP contribution in [0, 0.1) is 10.1 Å². The average Bonchev–Trinajstić information content (AvgIpc) is 2.49. The van der Waals surface area contributed by atoms with Gasteiger partial charge >= 0.3 is 5.97 Å². The highest BCUT2D eigenvalue weighted by Crippen LogP contribution is 2.36. The largest absolute Gasteiger partial charge is 0.494 e. The Kier molecular flexibility index (Phi) is 5.02. The molecule has 7 nitrogen and oxygen atoms in total. The molecule has 0 aliphatic rings. The first-order valence-corrected chi connectivity index (χ1v) is 7.02. The van der Waals surface area contributed by atoms with Crippen LogP contribution in [0.2, 0.25) is 5.02 Å². The Labute approximate surface area is 136 Å². The predicted octanol–water partition coefficient (Wildman–Crippen LogP) is 4.09. The van der Waals surface area contributed by atoms with Gasteiger partial charge in [0, 0.05) is 11.8 Å². The van der Waals surface area contributed by atoms with Crippen LogP contribution >= 0.6 is 11.6 Å². The Bertz CT molecular complexity index is 746. The summed E-state index contributed by atoms with van der Waals surface area (Å²) in [5, 5.41) is 23.1. The van der Waals surface area contributed by atoms with Crippen molar-refractivity contribution >= 4 is 34.6 Å². The lowest BCUT2D eigenvalue weighted by Crippen LogP contribution is -2.07. The molecule has 0 atom stereocenters. The smallest absolute Gasteiger partial charge is 0.339 e. The van der Waals surface area contributed by atoms with Gasteiger partial charge in [0.25, 0.3) is 5.69 Å². The molecule has 0 saturated heterocycles. The highest BCUT2D eigenvalue weighted by Gasteiger charge is 2.24. The first-order valence-electron chi connectivity index (χ1n) is 6.64. The molecule has 0 aliphatic carbocycles. The highest BCUT2D eigenvalue weighted by molar-refractivity contribution is 6.34. The van der Waals surface area contributed by atoms with E-state index in [9.17, 15) is 20.0 Å². The van der Waals surface area contributed by atoms with Gasteiger partial charge in [-0.25, -0.2) is 4.79 Å². The maximum absolute atomic E-state index is 11.4. The summed E-state index contributed by atoms with van der Waals surface area (Å²) in [5.74, 6) is -0.718. The van der Waals surface area contributed by atoms with E-state index >= 15 is 0 Å². The minimum atomic E-state index is -1.35. The van der Waals surface area contributed by atoms with Crippen LogP contribution in [0.1, 0.15) is 17.3 Å². The van der Waals surface area contributed by atoms with Gasteiger partial charge in [-0.15, -0.1) is 0 Å². The number of ether oxygens (including phenoxy) is 1. The Balaban J connectivity index is 2.46. The minimum absolute atomic E-state index is 0.0865. The molecule has 0 aromatic heterocycles. The number of carbonyl (C=O) groups is 1. The molecular weight excluding hydrogens is 324 g/mol. The average molecular weight is 337 g/mol. The van der Waals surface area contributed by atoms with Gasteiger partial charge in [-0.05, 0) is 37.3 Å². The zero-order chi connectivity index (χ0) is 17.0. The summed E-state index contributed by atoms with van der Waals surface area (Å²) < 4.78 is 5.30. The molecule has 2 aromatic carbocycles. The predicted molar refractivity (Wildman–Crippen MR) is 86.0 cm³/mol. The van der Waals surface area contributed by atoms with Gasteiger partial charge in [0.2, 0.25) is 0 Å². The fourth-order valence-electron chi connectivity index (χ4n) is 2.00. The third-order valence-corrected chi connectivity index (χ3v) is 3.29. The van der Waals surface area contributed by atoms with Crippen LogP contribution in [-0.2, 0) is 0 Å². The third kappa shape index (κ3) is 3.70. The SMILES string of the molecule is CCOc1ccc(Nc2c([N+](=O)[O-])ccc(Cl)c2C(=O)O)cc1. The van der Waals surface area contributed by atoms with Gasteiger partial charge in [0.1, 0.15) is 17.0 Å². The fourth-order valence-corrected chi connectivity index (χ4v) is 2.24. The standard InChI is InChI=1S/C15H13ClN2O5/c1-2-23-10-5-3-9(4-6-10)17-14-12(18(21)22)8-7-11(16)13(14)15(19)20/h3-8,17H,2H2,1H3,(H,19,20). The number of rotatable bonds is 6. The summed E-state index contributed by atoms with van der Waals surface area (Å²) in [4.78, 5) is 21.9. The van der Waals surface area contributed by atoms with E-state index < -0.39 is 10.9 Å². The molecule has 0 bridgehead atoms. The van der Waals surface area contributed by atoms with Gasteiger partial charge in [0.05, 0.1) is 16.6 Å². The van der Waals surface area contributed by atoms with E-state index in [1.165, 1.54) is 6.07 Å². The number of benzene rings is 2. The second-order valence-electron chi connectivity index (χ2n) is 4.46. The lowest BCUT2D eigenvalue weighted by atomic mass is 10.1. The summed E-state index contributed by atoms with van der Waals surface area (Å²) in [6.07, 6.45) is 0. The molecule has 0 radical (unpaired) electrons. The third-order valence-electron chi connectivity index (χ3n) is 2.98. The van der Waals surface area contributed by atoms with Gasteiger partial charge in [-0.3, -0.25) is 10.1 Å². The summed E-state index contributed by atoms with van der Waals surface area (Å²) in [6.45, 7) is 2.36. The van der Waals surface area contributed by atoms with Crippen molar-refractivity contribution in [1.29, 1.82) is 0 Å². The molecule has 0 heterocycles. The quantitative estimate of drug-likeness (QED) is 0.608. The molecule has 120 valence electrons. The van der Waals surface area contributed by atoms with Crippen LogP contribution in [0.15, 0.2) is 36.4 Å². The van der Waals surface area contributed by atoms with E-state index in [1.54, 1.807) is 24.3 Å². The van der Waals surface area contributed by atoms with Crippen molar-refractivity contribution in [2.45, 2.75) is 6.92 Å². The Morgan fingerprint density at radius 3 is 2.48 bits per heavy atom. The topological polar surface area (TPSA) is 102 Å². The number of nitrogens with one attached hydrogen (secondary N) is 1. The molecule has 0 fully saturated rings. The highest BCUT2D eigenvalue weighted by atomic mass is 35.5. The van der Waals surface area contributed by atoms with E-state index in [1.807, 2.05) is 6.92 Å². The van der Waals surface area contributed by atoms with Crippen molar-refractivity contribution in [1.82, 2.24) is 0 Å². The molecule has 8 heteroatoms. The number of nitro benzene ring substituents is 1. The van der Waals surface area contributed by atoms with Gasteiger partial charge in [-0.1, -0.05) is 11.6 Å². The van der Waals surface area contributed by atoms with Crippen molar-refractivity contribution in [2.24, 2.45) is 0 Å². The number of hydrogen-bond donors (Lipinski definition) is 2. The lowest BCUT2D eigenvalue weighted by Gasteiger charge is -2.12. The van der Waals surface area contributed by atoms with Crippen molar-refractivity contribution in [3.05, 3.63) is 57.1 Å². The fraction of sp³-hybridized carbons (Fsp3) is 0.133. The van der Waals surface area contributed by atoms with E-state index in [4.69, 9.17) is 16.3 Å². The number of hydrogen-bond acceptors (Lipinski definition) is 5. The van der Waals surface area contributed by atoms with E-state index in [-0.39, 0.29) is 22.0 Å². The molecule has 0 spiro atoms. The normalized spacial score (nSPS) is 10.2. The number of carboxylic acids is 1. The zero-order valence-corrected chi connectivity index (χ0v) is 12.8. The van der Waals surface area contributed by atoms with Crippen LogP contribution in [-0.4, -0.2) is 22.6 Å². The first-order chi connectivity index (χ1) is 10.9. The second-order valence-corrected chi connectivity index (χ2v) is 4.87. The number of halogens is 1. The van der Waals surface area contributed by atoms with Crippen molar-refractivity contribution < 1.29 is 19.6 Å². The maximum atomic E-state index is 11.4. The second kappa shape index (κ2) is 6.97. The number of nitro groups is 1. The molecule has 0 amide bonds. The Morgan fingerprint density at radius 2 is 1.96 bits per heavy atom. The lowest BCUT2D eigenvalue weighted by molar-refractivity contribution is -0.383. The monoisotopic (exact) mass is 336 g/mol. The van der Waals surface area contributed by atoms with E-state index in [2.05, 4.69) is 5.32 Å². The Hall–Kier alpha value is -2.80. The van der Waals surface area contributed by atoms with Gasteiger partial charge < -0.3 is 15.2 Å². The Morgan fingerprint density at radius 1 is 1.30 bits per heavy atom. The van der Waals surface area contributed by atoms with Gasteiger partial charge in [0.15, 0.2) is 0 Å². The molecule has 2 rings (SSSR count). The molecule has 23 heavy (non-hydrogen) atoms. The number of anilines is 2. The molecular formula is C15H13ClN2O5. The van der Waals surface area contributed by atoms with Crippen LogP contribution in [0.3, 0.4) is 0 Å². The van der Waals surface area contributed by atoms with Crippen molar-refractivity contribution in [3.63, 3.8) is 0 Å². The van der Waals surface area contributed by atoms with Crippen molar-refractivity contribution in [2.75, 3.05) is 11.9 Å². The number of nitrogens with zero attached hydrogens (tertiary/aromatic N) is 1. The van der Waals surface area contributed by atoms with Crippen LogP contribution in [0.5, 0.6) is 5.75 Å². The minimum Gasteiger partial charge on any atom is -0.494 e. The molecule has 0 unspecified atom stereocenters. The molecule has 0 aliphatic heterocycles. The van der Waals surface area contributed by atoms with Crippen molar-refractivity contribution in [3.8, 4) is 5.75 Å². The summed E-state index contributed by atoms with van der Waals surface area (Å²) in [7, 11) is 0. The molecule has 2 N–H and O–H groups in total. The zero-order valence-electron chi connectivity index (χ0n) is 12.1. The number of aromatic carboxylic acids is 1. The molecule has 2 aromatic rings. The maximum Gasteiger partial charge on any atom is 0.339 e. The summed E-state index contributed by atoms with van der Waals surface area (Å²) in [5.41, 5.74) is -0.420. The molecule has 0 saturated carbocycles. The number of carboxylic acid groups (broad SMARTS) is 1. The van der Waals surface area contributed by atoms with Gasteiger partial charge in [-0.2, -0.15) is 0 Å².